The number of nitrogens with zero attached hydrogens (tertiary/aromatic N) is 2. The zero-order valence-corrected chi connectivity index (χ0v) is 20.1. The molecule has 2 heterocycles. The first-order chi connectivity index (χ1) is 17.3. The van der Waals surface area contributed by atoms with Crippen LogP contribution in [0.1, 0.15) is 39.4 Å². The number of nitrogens with two attached hydrogens (primary N) is 1. The normalized spacial score (nSPS) is 24.4. The van der Waals surface area contributed by atoms with Crippen LogP contribution in [-0.2, 0) is 11.2 Å². The minimum absolute atomic E-state index is 0.127. The molecule has 0 aromatic heterocycles. The Morgan fingerprint density at radius 3 is 2.61 bits per heavy atom. The van der Waals surface area contributed by atoms with E-state index in [0.29, 0.717) is 24.2 Å². The van der Waals surface area contributed by atoms with Crippen molar-refractivity contribution in [1.29, 1.82) is 5.26 Å². The molecule has 1 saturated heterocycles. The average Bonchev–Trinajstić information content (AvgIpc) is 3.19. The van der Waals surface area contributed by atoms with Crippen LogP contribution in [0.15, 0.2) is 66.7 Å². The molecule has 2 N–H and O–H groups in total. The highest BCUT2D eigenvalue weighted by molar-refractivity contribution is 6.06. The largest absolute Gasteiger partial charge is 0.497 e. The van der Waals surface area contributed by atoms with Gasteiger partial charge in [0.2, 0.25) is 5.91 Å². The van der Waals surface area contributed by atoms with Crippen molar-refractivity contribution in [2.45, 2.75) is 37.8 Å². The summed E-state index contributed by atoms with van der Waals surface area (Å²) in [5.41, 5.74) is 7.47. The molecular formula is C29H26FN3O3. The first-order valence-corrected chi connectivity index (χ1v) is 11.8. The van der Waals surface area contributed by atoms with Gasteiger partial charge in [-0.15, -0.1) is 0 Å². The number of rotatable bonds is 5. The molecule has 0 saturated carbocycles. The van der Waals surface area contributed by atoms with Crippen molar-refractivity contribution in [2.75, 3.05) is 12.0 Å². The van der Waals surface area contributed by atoms with Gasteiger partial charge in [-0.05, 0) is 55.2 Å². The molecule has 0 spiro atoms. The number of hydrogen-bond acceptors (Lipinski definition) is 5. The summed E-state index contributed by atoms with van der Waals surface area (Å²) < 4.78 is 20.7. The highest BCUT2D eigenvalue weighted by Gasteiger charge is 2.66. The van der Waals surface area contributed by atoms with Gasteiger partial charge >= 0.3 is 0 Å². The number of hydrogen-bond donors (Lipinski definition) is 1. The zero-order chi connectivity index (χ0) is 25.6. The predicted octanol–water partition coefficient (Wildman–Crippen LogP) is 4.31. The number of amides is 1. The van der Waals surface area contributed by atoms with Crippen molar-refractivity contribution in [1.82, 2.24) is 0 Å². The lowest BCUT2D eigenvalue weighted by Crippen LogP contribution is -2.50. The minimum atomic E-state index is -1.82. The molecule has 1 fully saturated rings. The maximum absolute atomic E-state index is 15.4. The predicted molar refractivity (Wildman–Crippen MR) is 133 cm³/mol. The Bertz CT molecular complexity index is 1410. The Balaban J connectivity index is 1.81. The quantitative estimate of drug-likeness (QED) is 0.546. The second kappa shape index (κ2) is 8.80. The highest BCUT2D eigenvalue weighted by atomic mass is 19.1. The third-order valence-corrected chi connectivity index (χ3v) is 7.62. The van der Waals surface area contributed by atoms with Crippen molar-refractivity contribution >= 4 is 17.4 Å². The van der Waals surface area contributed by atoms with E-state index in [9.17, 15) is 14.9 Å². The molecule has 0 aliphatic carbocycles. The van der Waals surface area contributed by atoms with E-state index in [0.717, 1.165) is 16.8 Å². The Morgan fingerprint density at radius 2 is 1.92 bits per heavy atom. The van der Waals surface area contributed by atoms with E-state index < -0.39 is 35.1 Å². The molecule has 3 aromatic carbocycles. The molecule has 0 unspecified atom stereocenters. The number of aryl methyl sites for hydroxylation is 2. The highest BCUT2D eigenvalue weighted by Crippen LogP contribution is 2.57. The molecule has 36 heavy (non-hydrogen) atoms. The van der Waals surface area contributed by atoms with Crippen molar-refractivity contribution in [3.8, 4) is 11.8 Å². The molecule has 6 nitrogen and oxygen atoms in total. The summed E-state index contributed by atoms with van der Waals surface area (Å²) in [6.07, 6.45) is 1.04. The van der Waals surface area contributed by atoms with E-state index in [1.807, 2.05) is 30.0 Å². The van der Waals surface area contributed by atoms with Gasteiger partial charge in [-0.1, -0.05) is 48.0 Å². The third kappa shape index (κ3) is 3.36. The first kappa shape index (κ1) is 23.6. The van der Waals surface area contributed by atoms with Crippen LogP contribution in [0.3, 0.4) is 0 Å². The maximum atomic E-state index is 15.4. The number of ether oxygens (including phenoxy) is 1. The van der Waals surface area contributed by atoms with Crippen LogP contribution >= 0.6 is 0 Å². The summed E-state index contributed by atoms with van der Waals surface area (Å²) in [4.78, 5) is 29.3. The number of Topliss-reactive ketones (excluding diaryl/α,β-unsaturated/α-hetero) is 1. The summed E-state index contributed by atoms with van der Waals surface area (Å²) in [6, 6.07) is 19.1. The van der Waals surface area contributed by atoms with E-state index >= 15 is 4.39 Å². The summed E-state index contributed by atoms with van der Waals surface area (Å²) in [5, 5.41) is 10.6. The van der Waals surface area contributed by atoms with Crippen molar-refractivity contribution < 1.29 is 18.7 Å². The summed E-state index contributed by atoms with van der Waals surface area (Å²) >= 11 is 0. The fraction of sp³-hybridized carbons (Fsp3) is 0.276. The van der Waals surface area contributed by atoms with Crippen LogP contribution in [0.25, 0.3) is 0 Å². The summed E-state index contributed by atoms with van der Waals surface area (Å²) in [6.45, 7) is 1.99. The van der Waals surface area contributed by atoms with Gasteiger partial charge in [0.1, 0.15) is 17.6 Å². The lowest BCUT2D eigenvalue weighted by molar-refractivity contribution is -0.125. The molecule has 2 aliphatic rings. The first-order valence-electron chi connectivity index (χ1n) is 11.8. The lowest BCUT2D eigenvalue weighted by Gasteiger charge is -2.39. The Labute approximate surface area is 209 Å². The van der Waals surface area contributed by atoms with Crippen LogP contribution in [0.4, 0.5) is 10.1 Å². The fourth-order valence-electron chi connectivity index (χ4n) is 6.06. The van der Waals surface area contributed by atoms with Crippen LogP contribution in [0, 0.1) is 29.5 Å². The fourth-order valence-corrected chi connectivity index (χ4v) is 6.06. The van der Waals surface area contributed by atoms with Gasteiger partial charge in [0, 0.05) is 17.2 Å². The van der Waals surface area contributed by atoms with E-state index in [-0.39, 0.29) is 11.3 Å². The zero-order valence-electron chi connectivity index (χ0n) is 20.1. The standard InChI is InChI=1S/C29H26FN3O3/c1-17-10-12-23-18(14-17)11-13-24-29(16-31,28(32)35)25(21-8-3-4-9-22(21)30)26(33(23)24)27(34)19-6-5-7-20(15-19)36-2/h3-10,12,14-15,24-26H,11,13H2,1-2H3,(H2,32,35)/t24-,25-,26+,29-/m1/s1. The van der Waals surface area contributed by atoms with E-state index in [4.69, 9.17) is 10.5 Å². The molecule has 3 aromatic rings. The molecule has 4 atom stereocenters. The number of anilines is 1. The smallest absolute Gasteiger partial charge is 0.240 e. The number of ketones is 1. The summed E-state index contributed by atoms with van der Waals surface area (Å²) in [5.74, 6) is -2.40. The molecule has 5 rings (SSSR count). The molecule has 2 aliphatic heterocycles. The summed E-state index contributed by atoms with van der Waals surface area (Å²) in [7, 11) is 1.51. The van der Waals surface area contributed by atoms with Gasteiger partial charge < -0.3 is 15.4 Å². The number of carbonyl (C=O) groups is 2. The van der Waals surface area contributed by atoms with Gasteiger partial charge in [-0.3, -0.25) is 9.59 Å². The molecule has 1 amide bonds. The Morgan fingerprint density at radius 1 is 1.14 bits per heavy atom. The lowest BCUT2D eigenvalue weighted by atomic mass is 9.66. The number of carbonyl (C=O) groups excluding carboxylic acids is 2. The number of nitriles is 1. The third-order valence-electron chi connectivity index (χ3n) is 7.62. The SMILES string of the molecule is COc1cccc(C(=O)[C@@H]2[C@@H](c3ccccc3F)[C@](C#N)(C(N)=O)[C@H]3CCc4cc(C)ccc4N23)c1. The molecule has 0 bridgehead atoms. The Kier molecular flexibility index (Phi) is 5.76. The minimum Gasteiger partial charge on any atom is -0.497 e. The molecule has 7 heteroatoms. The number of halogens is 1. The molecular weight excluding hydrogens is 457 g/mol. The molecule has 0 radical (unpaired) electrons. The van der Waals surface area contributed by atoms with Crippen LogP contribution < -0.4 is 15.4 Å². The maximum Gasteiger partial charge on any atom is 0.240 e. The van der Waals surface area contributed by atoms with E-state index in [2.05, 4.69) is 6.07 Å². The second-order valence-corrected chi connectivity index (χ2v) is 9.48. The number of methoxy groups -OCH3 is 1. The van der Waals surface area contributed by atoms with Gasteiger partial charge in [-0.2, -0.15) is 5.26 Å². The van der Waals surface area contributed by atoms with Crippen LogP contribution in [0.2, 0.25) is 0 Å². The van der Waals surface area contributed by atoms with Gasteiger partial charge in [0.25, 0.3) is 0 Å². The monoisotopic (exact) mass is 483 g/mol. The van der Waals surface area contributed by atoms with E-state index in [1.165, 1.54) is 25.3 Å². The van der Waals surface area contributed by atoms with Crippen molar-refractivity contribution in [3.63, 3.8) is 0 Å². The van der Waals surface area contributed by atoms with Crippen molar-refractivity contribution in [2.24, 2.45) is 11.1 Å². The second-order valence-electron chi connectivity index (χ2n) is 9.48. The van der Waals surface area contributed by atoms with Gasteiger partial charge in [-0.25, -0.2) is 4.39 Å². The van der Waals surface area contributed by atoms with Crippen LogP contribution in [0.5, 0.6) is 5.75 Å². The van der Waals surface area contributed by atoms with E-state index in [1.54, 1.807) is 30.3 Å². The van der Waals surface area contributed by atoms with Crippen LogP contribution in [-0.4, -0.2) is 30.9 Å². The number of benzene rings is 3. The van der Waals surface area contributed by atoms with Gasteiger partial charge in [0.05, 0.1) is 19.2 Å². The average molecular weight is 484 g/mol. The molecule has 182 valence electrons. The van der Waals surface area contributed by atoms with Gasteiger partial charge in [0.15, 0.2) is 11.2 Å². The number of primary amides is 1. The number of fused-ring (bicyclic) bond motifs is 3. The Hall–Kier alpha value is -4.18. The topological polar surface area (TPSA) is 96.4 Å². The van der Waals surface area contributed by atoms with Crippen molar-refractivity contribution in [3.05, 3.63) is 94.8 Å².